The fourth-order valence-electron chi connectivity index (χ4n) is 1.95. The summed E-state index contributed by atoms with van der Waals surface area (Å²) in [5.41, 5.74) is 0.401. The molecule has 0 radical (unpaired) electrons. The second-order valence-corrected chi connectivity index (χ2v) is 5.46. The molecule has 88 valence electrons. The van der Waals surface area contributed by atoms with Crippen LogP contribution >= 0.6 is 11.3 Å². The lowest BCUT2D eigenvalue weighted by atomic mass is 9.80. The summed E-state index contributed by atoms with van der Waals surface area (Å²) in [6.07, 6.45) is 4.02. The van der Waals surface area contributed by atoms with Gasteiger partial charge in [0.2, 0.25) is 0 Å². The third-order valence-electron chi connectivity index (χ3n) is 3.36. The van der Waals surface area contributed by atoms with Crippen LogP contribution in [0.2, 0.25) is 0 Å². The van der Waals surface area contributed by atoms with Crippen molar-refractivity contribution in [2.45, 2.75) is 38.8 Å². The fourth-order valence-corrected chi connectivity index (χ4v) is 2.76. The molecule has 0 saturated heterocycles. The average Bonchev–Trinajstić information content (AvgIpc) is 2.60. The summed E-state index contributed by atoms with van der Waals surface area (Å²) in [6, 6.07) is 2.30. The third-order valence-corrected chi connectivity index (χ3v) is 4.29. The summed E-state index contributed by atoms with van der Waals surface area (Å²) in [6.45, 7) is 3.01. The van der Waals surface area contributed by atoms with Gasteiger partial charge in [-0.2, -0.15) is 0 Å². The first-order valence-corrected chi connectivity index (χ1v) is 6.59. The summed E-state index contributed by atoms with van der Waals surface area (Å²) >= 11 is 1.51. The summed E-state index contributed by atoms with van der Waals surface area (Å²) < 4.78 is 0. The Morgan fingerprint density at radius 3 is 2.94 bits per heavy atom. The first-order chi connectivity index (χ1) is 7.66. The Morgan fingerprint density at radius 2 is 2.44 bits per heavy atom. The van der Waals surface area contributed by atoms with Crippen molar-refractivity contribution in [1.82, 2.24) is 5.32 Å². The number of hydrogen-bond donors (Lipinski definition) is 2. The molecule has 3 nitrogen and oxygen atoms in total. The molecule has 4 heteroatoms. The van der Waals surface area contributed by atoms with Gasteiger partial charge in [0.15, 0.2) is 0 Å². The van der Waals surface area contributed by atoms with Crippen molar-refractivity contribution in [3.05, 3.63) is 21.9 Å². The van der Waals surface area contributed by atoms with Crippen LogP contribution in [-0.4, -0.2) is 17.1 Å². The molecule has 0 amide bonds. The standard InChI is InChI=1S/C12H17NO2S/c1-8(9-3-2-4-9)13-6-11-5-10(7-16-11)12(14)15/h5,7-9,13H,2-4,6H2,1H3,(H,14,15). The lowest BCUT2D eigenvalue weighted by molar-refractivity contribution is 0.0697. The molecule has 2 N–H and O–H groups in total. The molecule has 16 heavy (non-hydrogen) atoms. The first kappa shape index (κ1) is 11.6. The van der Waals surface area contributed by atoms with E-state index in [0.29, 0.717) is 11.6 Å². The molecule has 0 aromatic carbocycles. The van der Waals surface area contributed by atoms with Crippen LogP contribution in [0.3, 0.4) is 0 Å². The second-order valence-electron chi connectivity index (χ2n) is 4.47. The number of carboxylic acid groups (broad SMARTS) is 1. The Bertz CT molecular complexity index is 371. The Kier molecular flexibility index (Phi) is 3.61. The highest BCUT2D eigenvalue weighted by molar-refractivity contribution is 7.10. The Balaban J connectivity index is 1.81. The molecular weight excluding hydrogens is 222 g/mol. The molecule has 1 aliphatic carbocycles. The van der Waals surface area contributed by atoms with Crippen LogP contribution in [0.1, 0.15) is 41.4 Å². The highest BCUT2D eigenvalue weighted by Gasteiger charge is 2.23. The van der Waals surface area contributed by atoms with E-state index < -0.39 is 5.97 Å². The molecular formula is C12H17NO2S. The fraction of sp³-hybridized carbons (Fsp3) is 0.583. The summed E-state index contributed by atoms with van der Waals surface area (Å²) in [4.78, 5) is 11.8. The zero-order valence-corrected chi connectivity index (χ0v) is 10.2. The maximum absolute atomic E-state index is 10.7. The monoisotopic (exact) mass is 239 g/mol. The molecule has 0 spiro atoms. The number of nitrogens with one attached hydrogen (secondary N) is 1. The third kappa shape index (κ3) is 2.62. The van der Waals surface area contributed by atoms with Gasteiger partial charge in [0.1, 0.15) is 0 Å². The van der Waals surface area contributed by atoms with E-state index in [9.17, 15) is 4.79 Å². The van der Waals surface area contributed by atoms with Gasteiger partial charge >= 0.3 is 5.97 Å². The van der Waals surface area contributed by atoms with Crippen molar-refractivity contribution in [3.8, 4) is 0 Å². The van der Waals surface area contributed by atoms with E-state index in [2.05, 4.69) is 12.2 Å². The van der Waals surface area contributed by atoms with Gasteiger partial charge in [0.25, 0.3) is 0 Å². The topological polar surface area (TPSA) is 49.3 Å². The van der Waals surface area contributed by atoms with Crippen molar-refractivity contribution >= 4 is 17.3 Å². The number of thiophene rings is 1. The molecule has 2 rings (SSSR count). The van der Waals surface area contributed by atoms with Crippen molar-refractivity contribution in [2.75, 3.05) is 0 Å². The van der Waals surface area contributed by atoms with Crippen molar-refractivity contribution < 1.29 is 9.90 Å². The van der Waals surface area contributed by atoms with E-state index in [1.54, 1.807) is 11.4 Å². The van der Waals surface area contributed by atoms with Gasteiger partial charge in [0.05, 0.1) is 5.56 Å². The molecule has 1 atom stereocenters. The van der Waals surface area contributed by atoms with E-state index in [-0.39, 0.29) is 0 Å². The van der Waals surface area contributed by atoms with E-state index in [1.165, 1.54) is 30.6 Å². The van der Waals surface area contributed by atoms with Crippen molar-refractivity contribution in [1.29, 1.82) is 0 Å². The van der Waals surface area contributed by atoms with E-state index >= 15 is 0 Å². The van der Waals surface area contributed by atoms with Gasteiger partial charge in [-0.3, -0.25) is 0 Å². The minimum absolute atomic E-state index is 0.401. The normalized spacial score (nSPS) is 18.1. The Hall–Kier alpha value is -0.870. The summed E-state index contributed by atoms with van der Waals surface area (Å²) in [5.74, 6) is -0.0200. The van der Waals surface area contributed by atoms with Crippen LogP contribution in [0.25, 0.3) is 0 Å². The van der Waals surface area contributed by atoms with Crippen molar-refractivity contribution in [2.24, 2.45) is 5.92 Å². The average molecular weight is 239 g/mol. The van der Waals surface area contributed by atoms with Gasteiger partial charge < -0.3 is 10.4 Å². The van der Waals surface area contributed by atoms with Crippen LogP contribution in [0, 0.1) is 5.92 Å². The van der Waals surface area contributed by atoms with Gasteiger partial charge in [-0.05, 0) is 31.7 Å². The number of carboxylic acids is 1. The maximum atomic E-state index is 10.7. The minimum Gasteiger partial charge on any atom is -0.478 e. The quantitative estimate of drug-likeness (QED) is 0.830. The first-order valence-electron chi connectivity index (χ1n) is 5.71. The molecule has 1 fully saturated rings. The number of aromatic carboxylic acids is 1. The molecule has 1 saturated carbocycles. The predicted molar refractivity (Wildman–Crippen MR) is 64.9 cm³/mol. The zero-order chi connectivity index (χ0) is 11.5. The smallest absolute Gasteiger partial charge is 0.336 e. The lowest BCUT2D eigenvalue weighted by Gasteiger charge is -2.31. The maximum Gasteiger partial charge on any atom is 0.336 e. The van der Waals surface area contributed by atoms with Crippen LogP contribution in [-0.2, 0) is 6.54 Å². The molecule has 0 aliphatic heterocycles. The lowest BCUT2D eigenvalue weighted by Crippen LogP contribution is -2.36. The van der Waals surface area contributed by atoms with Gasteiger partial charge in [-0.15, -0.1) is 11.3 Å². The highest BCUT2D eigenvalue weighted by Crippen LogP contribution is 2.29. The van der Waals surface area contributed by atoms with Gasteiger partial charge in [-0.25, -0.2) is 4.79 Å². The second kappa shape index (κ2) is 4.97. The molecule has 1 aromatic rings. The van der Waals surface area contributed by atoms with E-state index in [1.807, 2.05) is 0 Å². The minimum atomic E-state index is -0.838. The van der Waals surface area contributed by atoms with Crippen LogP contribution < -0.4 is 5.32 Å². The zero-order valence-electron chi connectivity index (χ0n) is 9.40. The Morgan fingerprint density at radius 1 is 1.69 bits per heavy atom. The molecule has 0 bridgehead atoms. The van der Waals surface area contributed by atoms with Crippen LogP contribution in [0.5, 0.6) is 0 Å². The molecule has 1 heterocycles. The van der Waals surface area contributed by atoms with Gasteiger partial charge in [0, 0.05) is 22.8 Å². The molecule has 1 unspecified atom stereocenters. The summed E-state index contributed by atoms with van der Waals surface area (Å²) in [7, 11) is 0. The number of rotatable bonds is 5. The highest BCUT2D eigenvalue weighted by atomic mass is 32.1. The number of hydrogen-bond acceptors (Lipinski definition) is 3. The largest absolute Gasteiger partial charge is 0.478 e. The van der Waals surface area contributed by atoms with Gasteiger partial charge in [-0.1, -0.05) is 6.42 Å². The van der Waals surface area contributed by atoms with E-state index in [0.717, 1.165) is 17.3 Å². The number of carbonyl (C=O) groups is 1. The van der Waals surface area contributed by atoms with Crippen LogP contribution in [0.15, 0.2) is 11.4 Å². The van der Waals surface area contributed by atoms with E-state index in [4.69, 9.17) is 5.11 Å². The molecule has 1 aliphatic rings. The van der Waals surface area contributed by atoms with Crippen molar-refractivity contribution in [3.63, 3.8) is 0 Å². The summed E-state index contributed by atoms with van der Waals surface area (Å²) in [5, 5.41) is 14.0. The molecule has 1 aromatic heterocycles. The Labute approximate surface area is 99.5 Å². The SMILES string of the molecule is CC(NCc1cc(C(=O)O)cs1)C1CCC1. The predicted octanol–water partition coefficient (Wildman–Crippen LogP) is 2.72. The van der Waals surface area contributed by atoms with Crippen LogP contribution in [0.4, 0.5) is 0 Å².